The van der Waals surface area contributed by atoms with E-state index in [9.17, 15) is 14.9 Å². The smallest absolute Gasteiger partial charge is 0.312 e. The molecule has 1 amide bonds. The lowest BCUT2D eigenvalue weighted by Crippen LogP contribution is -2.39. The van der Waals surface area contributed by atoms with E-state index in [0.29, 0.717) is 11.4 Å². The molecule has 1 aromatic rings. The quantitative estimate of drug-likeness (QED) is 0.629. The summed E-state index contributed by atoms with van der Waals surface area (Å²) in [6, 6.07) is 0.276. The molecule has 7 heteroatoms. The molecule has 2 heterocycles. The highest BCUT2D eigenvalue weighted by atomic mass is 16.6. The standard InChI is InChI=1S/C17H26N4O3/c1-11-15(21(23)24)12(2)20(18-11)8-14(22)19-10-17(5)7-13(19)6-16(3,4)9-17/h13H,6-10H2,1-5H3. The van der Waals surface area contributed by atoms with Crippen LogP contribution in [0.2, 0.25) is 0 Å². The predicted octanol–water partition coefficient (Wildman–Crippen LogP) is 2.84. The second-order valence-electron chi connectivity index (χ2n) is 8.67. The van der Waals surface area contributed by atoms with E-state index >= 15 is 0 Å². The average Bonchev–Trinajstić information content (AvgIpc) is 2.82. The van der Waals surface area contributed by atoms with Crippen molar-refractivity contribution in [2.75, 3.05) is 6.54 Å². The minimum absolute atomic E-state index is 0.0102. The van der Waals surface area contributed by atoms with Gasteiger partial charge in [0.1, 0.15) is 17.9 Å². The van der Waals surface area contributed by atoms with E-state index in [1.807, 2.05) is 4.90 Å². The Kier molecular flexibility index (Phi) is 3.73. The maximum Gasteiger partial charge on any atom is 0.312 e. The highest BCUT2D eigenvalue weighted by Gasteiger charge is 2.50. The van der Waals surface area contributed by atoms with Gasteiger partial charge in [0.15, 0.2) is 0 Å². The Hall–Kier alpha value is -1.92. The maximum atomic E-state index is 12.8. The van der Waals surface area contributed by atoms with Crippen LogP contribution in [0.4, 0.5) is 5.69 Å². The number of rotatable bonds is 3. The van der Waals surface area contributed by atoms with Crippen molar-refractivity contribution in [3.8, 4) is 0 Å². The number of hydrogen-bond acceptors (Lipinski definition) is 4. The van der Waals surface area contributed by atoms with E-state index in [2.05, 4.69) is 25.9 Å². The van der Waals surface area contributed by atoms with E-state index < -0.39 is 4.92 Å². The van der Waals surface area contributed by atoms with Crippen molar-refractivity contribution in [3.05, 3.63) is 21.5 Å². The van der Waals surface area contributed by atoms with E-state index in [1.165, 1.54) is 4.68 Å². The lowest BCUT2D eigenvalue weighted by molar-refractivity contribution is -0.386. The third-order valence-corrected chi connectivity index (χ3v) is 5.55. The number of likely N-dealkylation sites (tertiary alicyclic amines) is 1. The largest absolute Gasteiger partial charge is 0.338 e. The molecule has 24 heavy (non-hydrogen) atoms. The van der Waals surface area contributed by atoms with Gasteiger partial charge < -0.3 is 4.90 Å². The van der Waals surface area contributed by atoms with Crippen molar-refractivity contribution < 1.29 is 9.72 Å². The molecule has 2 aliphatic rings. The molecule has 0 N–H and O–H groups in total. The molecule has 1 aliphatic carbocycles. The fourth-order valence-corrected chi connectivity index (χ4v) is 5.08. The van der Waals surface area contributed by atoms with Crippen LogP contribution in [0.5, 0.6) is 0 Å². The second kappa shape index (κ2) is 5.29. The van der Waals surface area contributed by atoms with Gasteiger partial charge in [-0.25, -0.2) is 0 Å². The minimum atomic E-state index is -0.426. The summed E-state index contributed by atoms with van der Waals surface area (Å²) in [5.74, 6) is 0.0157. The molecule has 2 bridgehead atoms. The summed E-state index contributed by atoms with van der Waals surface area (Å²) in [4.78, 5) is 25.5. The van der Waals surface area contributed by atoms with Crippen molar-refractivity contribution in [3.63, 3.8) is 0 Å². The molecule has 7 nitrogen and oxygen atoms in total. The van der Waals surface area contributed by atoms with Gasteiger partial charge in [-0.2, -0.15) is 5.10 Å². The van der Waals surface area contributed by atoms with E-state index in [-0.39, 0.29) is 35.0 Å². The number of carbonyl (C=O) groups is 1. The van der Waals surface area contributed by atoms with Crippen molar-refractivity contribution in [1.29, 1.82) is 0 Å². The van der Waals surface area contributed by atoms with E-state index in [4.69, 9.17) is 0 Å². The predicted molar refractivity (Wildman–Crippen MR) is 89.6 cm³/mol. The number of nitro groups is 1. The molecule has 0 aromatic carbocycles. The van der Waals surface area contributed by atoms with Gasteiger partial charge in [-0.3, -0.25) is 19.6 Å². The number of nitrogens with zero attached hydrogens (tertiary/aromatic N) is 4. The number of aromatic nitrogens is 2. The van der Waals surface area contributed by atoms with Crippen LogP contribution in [0.25, 0.3) is 0 Å². The van der Waals surface area contributed by atoms with Crippen molar-refractivity contribution >= 4 is 11.6 Å². The Balaban J connectivity index is 1.80. The molecule has 0 radical (unpaired) electrons. The van der Waals surface area contributed by atoms with Gasteiger partial charge >= 0.3 is 5.69 Å². The molecule has 1 aliphatic heterocycles. The Morgan fingerprint density at radius 1 is 1.33 bits per heavy atom. The summed E-state index contributed by atoms with van der Waals surface area (Å²) >= 11 is 0. The Morgan fingerprint density at radius 2 is 2.00 bits per heavy atom. The zero-order valence-electron chi connectivity index (χ0n) is 15.1. The lowest BCUT2D eigenvalue weighted by Gasteiger charge is -2.39. The first kappa shape index (κ1) is 16.9. The van der Waals surface area contributed by atoms with Crippen LogP contribution < -0.4 is 0 Å². The first-order chi connectivity index (χ1) is 11.0. The number of aryl methyl sites for hydroxylation is 1. The van der Waals surface area contributed by atoms with Gasteiger partial charge in [0.2, 0.25) is 5.91 Å². The molecule has 0 spiro atoms. The van der Waals surface area contributed by atoms with Crippen LogP contribution >= 0.6 is 0 Å². The summed E-state index contributed by atoms with van der Waals surface area (Å²) in [6.45, 7) is 10.9. The molecular weight excluding hydrogens is 308 g/mol. The van der Waals surface area contributed by atoms with Crippen LogP contribution in [0.3, 0.4) is 0 Å². The maximum absolute atomic E-state index is 12.8. The van der Waals surface area contributed by atoms with Crippen LogP contribution in [0.15, 0.2) is 0 Å². The van der Waals surface area contributed by atoms with Gasteiger partial charge in [0.05, 0.1) is 4.92 Å². The minimum Gasteiger partial charge on any atom is -0.338 e. The molecule has 1 saturated carbocycles. The van der Waals surface area contributed by atoms with Crippen LogP contribution in [-0.4, -0.2) is 38.1 Å². The molecule has 1 saturated heterocycles. The zero-order valence-corrected chi connectivity index (χ0v) is 15.1. The summed E-state index contributed by atoms with van der Waals surface area (Å²) in [7, 11) is 0. The van der Waals surface area contributed by atoms with E-state index in [0.717, 1.165) is 25.8 Å². The summed E-state index contributed by atoms with van der Waals surface area (Å²) in [5, 5.41) is 15.3. The normalized spacial score (nSPS) is 28.2. The Morgan fingerprint density at radius 3 is 2.58 bits per heavy atom. The van der Waals surface area contributed by atoms with Gasteiger partial charge in [0.25, 0.3) is 0 Å². The van der Waals surface area contributed by atoms with Crippen LogP contribution in [0, 0.1) is 34.8 Å². The number of amides is 1. The average molecular weight is 334 g/mol. The topological polar surface area (TPSA) is 81.3 Å². The number of fused-ring (bicyclic) bond motifs is 2. The van der Waals surface area contributed by atoms with Gasteiger partial charge in [-0.1, -0.05) is 20.8 Å². The second-order valence-corrected chi connectivity index (χ2v) is 8.67. The third kappa shape index (κ3) is 2.80. The summed E-state index contributed by atoms with van der Waals surface area (Å²) in [5.41, 5.74) is 1.25. The zero-order chi connectivity index (χ0) is 17.9. The molecule has 2 unspecified atom stereocenters. The monoisotopic (exact) mass is 334 g/mol. The summed E-state index contributed by atoms with van der Waals surface area (Å²) in [6.07, 6.45) is 3.21. The molecular formula is C17H26N4O3. The van der Waals surface area contributed by atoms with Crippen molar-refractivity contribution in [1.82, 2.24) is 14.7 Å². The number of carbonyl (C=O) groups excluding carboxylic acids is 1. The van der Waals surface area contributed by atoms with E-state index in [1.54, 1.807) is 13.8 Å². The lowest BCUT2D eigenvalue weighted by atomic mass is 9.65. The molecule has 132 valence electrons. The SMILES string of the molecule is Cc1nn(CC(=O)N2CC3(C)CC2CC(C)(C)C3)c(C)c1[N+](=O)[O-]. The summed E-state index contributed by atoms with van der Waals surface area (Å²) < 4.78 is 1.48. The fourth-order valence-electron chi connectivity index (χ4n) is 5.08. The molecule has 2 atom stereocenters. The molecule has 2 fully saturated rings. The third-order valence-electron chi connectivity index (χ3n) is 5.55. The highest BCUT2D eigenvalue weighted by molar-refractivity contribution is 5.77. The van der Waals surface area contributed by atoms with Gasteiger partial charge in [-0.15, -0.1) is 0 Å². The first-order valence-corrected chi connectivity index (χ1v) is 8.49. The number of hydrogen-bond donors (Lipinski definition) is 0. The van der Waals surface area contributed by atoms with Crippen LogP contribution in [-0.2, 0) is 11.3 Å². The van der Waals surface area contributed by atoms with Gasteiger partial charge in [-0.05, 0) is 43.9 Å². The molecule has 3 rings (SSSR count). The first-order valence-electron chi connectivity index (χ1n) is 8.49. The van der Waals surface area contributed by atoms with Crippen LogP contribution in [0.1, 0.15) is 51.4 Å². The van der Waals surface area contributed by atoms with Crippen molar-refractivity contribution in [2.45, 2.75) is 66.5 Å². The fraction of sp³-hybridized carbons (Fsp3) is 0.765. The highest BCUT2D eigenvalue weighted by Crippen LogP contribution is 2.52. The Labute approximate surface area is 142 Å². The molecule has 1 aromatic heterocycles. The van der Waals surface area contributed by atoms with Crippen molar-refractivity contribution in [2.24, 2.45) is 10.8 Å². The Bertz CT molecular complexity index is 709. The van der Waals surface area contributed by atoms with Gasteiger partial charge in [0, 0.05) is 12.6 Å².